The van der Waals surface area contributed by atoms with Gasteiger partial charge in [-0.25, -0.2) is 4.98 Å². The van der Waals surface area contributed by atoms with Crippen LogP contribution in [0.5, 0.6) is 0 Å². The van der Waals surface area contributed by atoms with Gasteiger partial charge in [-0.15, -0.1) is 36.2 Å². The molecule has 3 N–H and O–H groups in total. The molecule has 1 aliphatic rings. The van der Waals surface area contributed by atoms with Gasteiger partial charge < -0.3 is 16.0 Å². The van der Waals surface area contributed by atoms with Crippen molar-refractivity contribution in [2.24, 2.45) is 17.6 Å². The van der Waals surface area contributed by atoms with Crippen LogP contribution in [-0.2, 0) is 6.42 Å². The number of piperidine rings is 1. The minimum atomic E-state index is -0.0695. The second kappa shape index (κ2) is 12.0. The van der Waals surface area contributed by atoms with E-state index >= 15 is 0 Å². The van der Waals surface area contributed by atoms with Gasteiger partial charge in [0.15, 0.2) is 0 Å². The average molecular weight is 397 g/mol. The Balaban J connectivity index is 0.00000264. The fourth-order valence-electron chi connectivity index (χ4n) is 3.22. The van der Waals surface area contributed by atoms with Crippen molar-refractivity contribution in [2.45, 2.75) is 33.1 Å². The lowest BCUT2D eigenvalue weighted by atomic mass is 9.92. The van der Waals surface area contributed by atoms with Crippen molar-refractivity contribution >= 4 is 42.1 Å². The van der Waals surface area contributed by atoms with Crippen molar-refractivity contribution in [2.75, 3.05) is 32.7 Å². The number of thiazole rings is 1. The molecule has 0 aromatic carbocycles. The van der Waals surface area contributed by atoms with Gasteiger partial charge in [0.25, 0.3) is 5.91 Å². The summed E-state index contributed by atoms with van der Waals surface area (Å²) in [6.45, 7) is 9.37. The van der Waals surface area contributed by atoms with Gasteiger partial charge in [-0.3, -0.25) is 4.79 Å². The second-order valence-electron chi connectivity index (χ2n) is 6.48. The lowest BCUT2D eigenvalue weighted by Gasteiger charge is -2.34. The molecular formula is C16H30Cl2N4OS. The van der Waals surface area contributed by atoms with E-state index in [1.807, 2.05) is 5.38 Å². The summed E-state index contributed by atoms with van der Waals surface area (Å²) in [5.41, 5.74) is 6.02. The Morgan fingerprint density at radius 2 is 2.04 bits per heavy atom. The van der Waals surface area contributed by atoms with Gasteiger partial charge in [-0.1, -0.05) is 13.8 Å². The molecular weight excluding hydrogens is 367 g/mol. The molecule has 0 radical (unpaired) electrons. The molecule has 1 aromatic rings. The van der Waals surface area contributed by atoms with Crippen LogP contribution in [0.4, 0.5) is 0 Å². The molecule has 1 fully saturated rings. The van der Waals surface area contributed by atoms with Crippen LogP contribution < -0.4 is 11.1 Å². The number of nitrogens with two attached hydrogens (primary N) is 1. The first-order valence-electron chi connectivity index (χ1n) is 8.23. The molecule has 8 heteroatoms. The number of likely N-dealkylation sites (tertiary alicyclic amines) is 1. The molecule has 0 bridgehead atoms. The summed E-state index contributed by atoms with van der Waals surface area (Å²) in [5, 5.41) is 5.71. The lowest BCUT2D eigenvalue weighted by Crippen LogP contribution is -2.40. The van der Waals surface area contributed by atoms with E-state index in [9.17, 15) is 4.79 Å². The first kappa shape index (κ1) is 23.6. The number of hydrogen-bond acceptors (Lipinski definition) is 5. The Labute approximate surface area is 161 Å². The van der Waals surface area contributed by atoms with E-state index in [4.69, 9.17) is 5.73 Å². The Kier molecular flexibility index (Phi) is 11.8. The fraction of sp³-hybridized carbons (Fsp3) is 0.750. The van der Waals surface area contributed by atoms with Crippen molar-refractivity contribution in [1.82, 2.24) is 15.2 Å². The number of hydrogen-bond donors (Lipinski definition) is 2. The van der Waals surface area contributed by atoms with Crippen molar-refractivity contribution < 1.29 is 4.79 Å². The van der Waals surface area contributed by atoms with Gasteiger partial charge in [0.1, 0.15) is 5.69 Å². The van der Waals surface area contributed by atoms with Gasteiger partial charge in [0.2, 0.25) is 0 Å². The zero-order chi connectivity index (χ0) is 15.9. The van der Waals surface area contributed by atoms with Gasteiger partial charge in [-0.05, 0) is 37.8 Å². The predicted octanol–water partition coefficient (Wildman–Crippen LogP) is 2.59. The van der Waals surface area contributed by atoms with Crippen molar-refractivity contribution in [3.05, 3.63) is 16.1 Å². The van der Waals surface area contributed by atoms with Crippen LogP contribution in [0.15, 0.2) is 5.38 Å². The summed E-state index contributed by atoms with van der Waals surface area (Å²) < 4.78 is 0. The van der Waals surface area contributed by atoms with E-state index in [2.05, 4.69) is 29.0 Å². The first-order chi connectivity index (χ1) is 10.6. The summed E-state index contributed by atoms with van der Waals surface area (Å²) in [4.78, 5) is 18.8. The number of amides is 1. The average Bonchev–Trinajstić information content (AvgIpc) is 2.91. The molecule has 24 heavy (non-hydrogen) atoms. The van der Waals surface area contributed by atoms with Gasteiger partial charge in [-0.2, -0.15) is 0 Å². The maximum atomic E-state index is 12.0. The van der Waals surface area contributed by atoms with E-state index in [0.717, 1.165) is 36.2 Å². The van der Waals surface area contributed by atoms with Crippen molar-refractivity contribution in [3.63, 3.8) is 0 Å². The molecule has 5 nitrogen and oxygen atoms in total. The quantitative estimate of drug-likeness (QED) is 0.694. The van der Waals surface area contributed by atoms with Crippen LogP contribution >= 0.6 is 36.2 Å². The first-order valence-corrected chi connectivity index (χ1v) is 9.11. The maximum Gasteiger partial charge on any atom is 0.270 e. The molecule has 1 amide bonds. The Morgan fingerprint density at radius 1 is 1.38 bits per heavy atom. The summed E-state index contributed by atoms with van der Waals surface area (Å²) in [7, 11) is 0. The zero-order valence-electron chi connectivity index (χ0n) is 14.5. The smallest absolute Gasteiger partial charge is 0.270 e. The zero-order valence-corrected chi connectivity index (χ0v) is 16.9. The molecule has 2 heterocycles. The van der Waals surface area contributed by atoms with Crippen LogP contribution in [0.3, 0.4) is 0 Å². The van der Waals surface area contributed by atoms with E-state index in [1.54, 1.807) is 0 Å². The molecule has 1 saturated heterocycles. The van der Waals surface area contributed by atoms with Crippen LogP contribution in [-0.4, -0.2) is 48.5 Å². The highest BCUT2D eigenvalue weighted by molar-refractivity contribution is 7.09. The Morgan fingerprint density at radius 3 is 2.67 bits per heavy atom. The molecule has 0 spiro atoms. The predicted molar refractivity (Wildman–Crippen MR) is 106 cm³/mol. The van der Waals surface area contributed by atoms with Crippen LogP contribution in [0.25, 0.3) is 0 Å². The number of rotatable bonds is 7. The van der Waals surface area contributed by atoms with E-state index < -0.39 is 0 Å². The molecule has 2 unspecified atom stereocenters. The van der Waals surface area contributed by atoms with Gasteiger partial charge in [0.05, 0.1) is 5.01 Å². The highest BCUT2D eigenvalue weighted by Gasteiger charge is 2.21. The van der Waals surface area contributed by atoms with Crippen LogP contribution in [0.1, 0.15) is 42.2 Å². The summed E-state index contributed by atoms with van der Waals surface area (Å²) >= 11 is 1.50. The third-order valence-corrected chi connectivity index (χ3v) is 4.93. The summed E-state index contributed by atoms with van der Waals surface area (Å²) in [6.07, 6.45) is 3.07. The van der Waals surface area contributed by atoms with E-state index in [1.165, 1.54) is 30.8 Å². The summed E-state index contributed by atoms with van der Waals surface area (Å²) in [5.74, 6) is 1.50. The van der Waals surface area contributed by atoms with E-state index in [-0.39, 0.29) is 30.7 Å². The Bertz CT molecular complexity index is 476. The molecule has 2 rings (SSSR count). The third-order valence-electron chi connectivity index (χ3n) is 4.02. The minimum Gasteiger partial charge on any atom is -0.351 e. The number of nitrogens with zero attached hydrogens (tertiary/aromatic N) is 2. The molecule has 2 atom stereocenters. The highest BCUT2D eigenvalue weighted by atomic mass is 35.5. The third kappa shape index (κ3) is 7.66. The van der Waals surface area contributed by atoms with Gasteiger partial charge >= 0.3 is 0 Å². The largest absolute Gasteiger partial charge is 0.351 e. The number of halogens is 2. The SMILES string of the molecule is CC1CC(C)CN(CCCNC(=O)c2csc(CCN)n2)C1.Cl.Cl. The molecule has 140 valence electrons. The minimum absolute atomic E-state index is 0. The molecule has 0 saturated carbocycles. The van der Waals surface area contributed by atoms with Crippen molar-refractivity contribution in [1.29, 1.82) is 0 Å². The normalized spacial score (nSPS) is 20.8. The Hall–Kier alpha value is -0.400. The van der Waals surface area contributed by atoms with Crippen LogP contribution in [0.2, 0.25) is 0 Å². The standard InChI is InChI=1S/C16H28N4OS.2ClH/c1-12-8-13(2)10-20(9-12)7-3-6-18-16(21)14-11-22-15(19-14)4-5-17;;/h11-13H,3-10,17H2,1-2H3,(H,18,21);2*1H. The lowest BCUT2D eigenvalue weighted by molar-refractivity contribution is 0.0943. The van der Waals surface area contributed by atoms with E-state index in [0.29, 0.717) is 18.8 Å². The number of aromatic nitrogens is 1. The number of carbonyl (C=O) groups is 1. The molecule has 0 aliphatic carbocycles. The fourth-order valence-corrected chi connectivity index (χ4v) is 4.02. The maximum absolute atomic E-state index is 12.0. The van der Waals surface area contributed by atoms with Crippen LogP contribution in [0, 0.1) is 11.8 Å². The highest BCUT2D eigenvalue weighted by Crippen LogP contribution is 2.20. The summed E-state index contributed by atoms with van der Waals surface area (Å²) in [6, 6.07) is 0. The topological polar surface area (TPSA) is 71.2 Å². The molecule has 1 aliphatic heterocycles. The number of nitrogens with one attached hydrogen (secondary N) is 1. The van der Waals surface area contributed by atoms with Gasteiger partial charge in [0, 0.05) is 31.4 Å². The van der Waals surface area contributed by atoms with Crippen molar-refractivity contribution in [3.8, 4) is 0 Å². The monoisotopic (exact) mass is 396 g/mol. The number of carbonyl (C=O) groups excluding carboxylic acids is 1. The second-order valence-corrected chi connectivity index (χ2v) is 7.42. The molecule has 1 aromatic heterocycles.